The maximum Gasteiger partial charge on any atom is 0.272 e. The molecule has 0 saturated carbocycles. The number of fused-ring (bicyclic) bond motifs is 1. The highest BCUT2D eigenvalue weighted by molar-refractivity contribution is 5.94. The Morgan fingerprint density at radius 3 is 2.70 bits per heavy atom. The normalized spacial score (nSPS) is 18.8. The summed E-state index contributed by atoms with van der Waals surface area (Å²) in [5.41, 5.74) is 4.65. The molecule has 218 valence electrons. The van der Waals surface area contributed by atoms with Crippen LogP contribution in [0.15, 0.2) is 18.2 Å². The van der Waals surface area contributed by atoms with E-state index in [1.54, 1.807) is 4.90 Å². The van der Waals surface area contributed by atoms with Crippen molar-refractivity contribution < 1.29 is 19.1 Å². The zero-order valence-corrected chi connectivity index (χ0v) is 24.8. The van der Waals surface area contributed by atoms with E-state index >= 15 is 0 Å². The van der Waals surface area contributed by atoms with Crippen molar-refractivity contribution in [3.8, 4) is 5.75 Å². The molecule has 9 heteroatoms. The van der Waals surface area contributed by atoms with Gasteiger partial charge in [-0.2, -0.15) is 5.10 Å². The molecular formula is C31H45N5O4. The number of carbonyl (C=O) groups is 3. The smallest absolute Gasteiger partial charge is 0.272 e. The van der Waals surface area contributed by atoms with Crippen LogP contribution in [-0.2, 0) is 29.5 Å². The lowest BCUT2D eigenvalue weighted by Gasteiger charge is -2.35. The number of rotatable bonds is 6. The fourth-order valence-electron chi connectivity index (χ4n) is 5.72. The van der Waals surface area contributed by atoms with E-state index in [2.05, 4.69) is 24.3 Å². The fourth-order valence-corrected chi connectivity index (χ4v) is 5.72. The van der Waals surface area contributed by atoms with Gasteiger partial charge >= 0.3 is 0 Å². The number of hydrogen-bond acceptors (Lipinski definition) is 5. The zero-order chi connectivity index (χ0) is 28.8. The number of carbonyl (C=O) groups excluding carboxylic acids is 3. The summed E-state index contributed by atoms with van der Waals surface area (Å²) in [5, 5.41) is 7.58. The summed E-state index contributed by atoms with van der Waals surface area (Å²) in [6.45, 7) is 10.4. The van der Waals surface area contributed by atoms with E-state index in [0.717, 1.165) is 41.6 Å². The SMILES string of the molecule is Cc1cccc(OCC(=O)N2CCCNC(=O)c3nn(C)c4c3CC(CC4)N(CCC(C)C)C(=O)CCC2)c1C. The van der Waals surface area contributed by atoms with Crippen molar-refractivity contribution in [2.75, 3.05) is 32.8 Å². The molecule has 1 aliphatic carbocycles. The first-order valence-electron chi connectivity index (χ1n) is 14.7. The van der Waals surface area contributed by atoms with E-state index < -0.39 is 0 Å². The minimum Gasteiger partial charge on any atom is -0.483 e. The second kappa shape index (κ2) is 13.3. The number of hydrogen-bond donors (Lipinski definition) is 1. The van der Waals surface area contributed by atoms with Crippen molar-refractivity contribution in [2.24, 2.45) is 13.0 Å². The molecule has 0 spiro atoms. The fraction of sp³-hybridized carbons (Fsp3) is 0.613. The highest BCUT2D eigenvalue weighted by Crippen LogP contribution is 2.28. The largest absolute Gasteiger partial charge is 0.483 e. The lowest BCUT2D eigenvalue weighted by Crippen LogP contribution is -2.45. The van der Waals surface area contributed by atoms with Crippen molar-refractivity contribution >= 4 is 17.7 Å². The van der Waals surface area contributed by atoms with Crippen molar-refractivity contribution in [1.29, 1.82) is 0 Å². The molecule has 1 aromatic heterocycles. The second-order valence-electron chi connectivity index (χ2n) is 11.6. The van der Waals surface area contributed by atoms with Gasteiger partial charge in [-0.05, 0) is 75.5 Å². The van der Waals surface area contributed by atoms with Crippen LogP contribution in [0.2, 0.25) is 0 Å². The molecule has 3 amide bonds. The summed E-state index contributed by atoms with van der Waals surface area (Å²) < 4.78 is 7.72. The van der Waals surface area contributed by atoms with Crippen molar-refractivity contribution in [3.05, 3.63) is 46.3 Å². The molecule has 0 saturated heterocycles. The van der Waals surface area contributed by atoms with Crippen molar-refractivity contribution in [3.63, 3.8) is 0 Å². The lowest BCUT2D eigenvalue weighted by molar-refractivity contribution is -0.136. The van der Waals surface area contributed by atoms with Gasteiger partial charge in [0.15, 0.2) is 12.3 Å². The molecule has 2 heterocycles. The molecule has 1 aliphatic heterocycles. The van der Waals surface area contributed by atoms with Gasteiger partial charge in [0.25, 0.3) is 11.8 Å². The quantitative estimate of drug-likeness (QED) is 0.592. The van der Waals surface area contributed by atoms with E-state index in [1.165, 1.54) is 0 Å². The molecule has 0 radical (unpaired) electrons. The standard InChI is InChI=1S/C31H45N5O4/c1-21(2)14-18-36-24-12-13-26-25(19-24)30(33-34(26)5)31(39)32-15-8-17-35(16-7-11-28(36)37)29(38)20-40-27-10-6-9-22(3)23(27)4/h6,9-10,21,24H,7-8,11-20H2,1-5H3,(H,32,39). The molecular weight excluding hydrogens is 506 g/mol. The van der Waals surface area contributed by atoms with Crippen molar-refractivity contribution in [2.45, 2.75) is 78.7 Å². The first-order valence-corrected chi connectivity index (χ1v) is 14.7. The molecule has 9 nitrogen and oxygen atoms in total. The number of nitrogens with zero attached hydrogens (tertiary/aromatic N) is 4. The van der Waals surface area contributed by atoms with E-state index in [1.807, 2.05) is 48.7 Å². The highest BCUT2D eigenvalue weighted by Gasteiger charge is 2.33. The highest BCUT2D eigenvalue weighted by atomic mass is 16.5. The third-order valence-corrected chi connectivity index (χ3v) is 8.32. The molecule has 2 aliphatic rings. The van der Waals surface area contributed by atoms with Gasteiger partial charge in [-0.25, -0.2) is 0 Å². The van der Waals surface area contributed by atoms with Crippen LogP contribution in [-0.4, -0.2) is 76.1 Å². The molecule has 2 aromatic rings. The Hall–Kier alpha value is -3.36. The summed E-state index contributed by atoms with van der Waals surface area (Å²) in [7, 11) is 1.89. The van der Waals surface area contributed by atoms with Crippen LogP contribution < -0.4 is 10.1 Å². The van der Waals surface area contributed by atoms with Crippen LogP contribution in [0.1, 0.15) is 78.8 Å². The van der Waals surface area contributed by atoms with Gasteiger partial charge < -0.3 is 19.9 Å². The summed E-state index contributed by atoms with van der Waals surface area (Å²) in [4.78, 5) is 43.8. The Balaban J connectivity index is 1.51. The average Bonchev–Trinajstić information content (AvgIpc) is 3.25. The Labute approximate surface area is 238 Å². The van der Waals surface area contributed by atoms with Crippen LogP contribution in [0.25, 0.3) is 0 Å². The number of ether oxygens (including phenoxy) is 1. The predicted molar refractivity (Wildman–Crippen MR) is 154 cm³/mol. The van der Waals surface area contributed by atoms with Gasteiger partial charge in [0.05, 0.1) is 0 Å². The predicted octanol–water partition coefficient (Wildman–Crippen LogP) is 3.59. The van der Waals surface area contributed by atoms with Crippen LogP contribution >= 0.6 is 0 Å². The first-order chi connectivity index (χ1) is 19.2. The van der Waals surface area contributed by atoms with Crippen LogP contribution in [0.3, 0.4) is 0 Å². The maximum absolute atomic E-state index is 13.6. The van der Waals surface area contributed by atoms with Crippen LogP contribution in [0.5, 0.6) is 5.75 Å². The Bertz CT molecular complexity index is 1220. The van der Waals surface area contributed by atoms with Gasteiger partial charge in [0.2, 0.25) is 5.91 Å². The third-order valence-electron chi connectivity index (χ3n) is 8.32. The molecule has 1 unspecified atom stereocenters. The molecule has 2 bridgehead atoms. The van der Waals surface area contributed by atoms with E-state index in [-0.39, 0.29) is 30.4 Å². The van der Waals surface area contributed by atoms with Gasteiger partial charge in [0.1, 0.15) is 5.75 Å². The van der Waals surface area contributed by atoms with Crippen LogP contribution in [0.4, 0.5) is 0 Å². The van der Waals surface area contributed by atoms with Gasteiger partial charge in [-0.1, -0.05) is 26.0 Å². The number of amides is 3. The van der Waals surface area contributed by atoms with Gasteiger partial charge in [0, 0.05) is 56.9 Å². The second-order valence-corrected chi connectivity index (χ2v) is 11.6. The summed E-state index contributed by atoms with van der Waals surface area (Å²) in [6.07, 6.45) is 4.82. The first kappa shape index (κ1) is 29.6. The third kappa shape index (κ3) is 7.04. The molecule has 1 aromatic carbocycles. The van der Waals surface area contributed by atoms with E-state index in [9.17, 15) is 14.4 Å². The zero-order valence-electron chi connectivity index (χ0n) is 24.8. The van der Waals surface area contributed by atoms with Gasteiger partial charge in [-0.15, -0.1) is 0 Å². The minimum atomic E-state index is -0.191. The molecule has 0 fully saturated rings. The monoisotopic (exact) mass is 551 g/mol. The molecule has 1 atom stereocenters. The average molecular weight is 552 g/mol. The van der Waals surface area contributed by atoms with Crippen LogP contribution in [0, 0.1) is 19.8 Å². The van der Waals surface area contributed by atoms with E-state index in [0.29, 0.717) is 69.2 Å². The maximum atomic E-state index is 13.6. The lowest BCUT2D eigenvalue weighted by atomic mass is 9.89. The number of aromatic nitrogens is 2. The Kier molecular flexibility index (Phi) is 9.87. The number of aryl methyl sites for hydroxylation is 2. The summed E-state index contributed by atoms with van der Waals surface area (Å²) in [5.74, 6) is 1.00. The van der Waals surface area contributed by atoms with Crippen molar-refractivity contribution in [1.82, 2.24) is 24.9 Å². The number of benzene rings is 1. The topological polar surface area (TPSA) is 96.8 Å². The molecule has 4 rings (SSSR count). The molecule has 1 N–H and O–H groups in total. The van der Waals surface area contributed by atoms with E-state index in [4.69, 9.17) is 4.74 Å². The summed E-state index contributed by atoms with van der Waals surface area (Å²) in [6, 6.07) is 5.86. The minimum absolute atomic E-state index is 0.0448. The number of nitrogens with one attached hydrogen (secondary N) is 1. The Morgan fingerprint density at radius 1 is 1.15 bits per heavy atom. The summed E-state index contributed by atoms with van der Waals surface area (Å²) >= 11 is 0. The molecule has 40 heavy (non-hydrogen) atoms. The van der Waals surface area contributed by atoms with Gasteiger partial charge in [-0.3, -0.25) is 19.1 Å². The Morgan fingerprint density at radius 2 is 1.93 bits per heavy atom.